The van der Waals surface area contributed by atoms with Gasteiger partial charge >= 0.3 is 0 Å². The van der Waals surface area contributed by atoms with Crippen LogP contribution in [0.3, 0.4) is 0 Å². The Bertz CT molecular complexity index is 244. The fourth-order valence-electron chi connectivity index (χ4n) is 1.46. The summed E-state index contributed by atoms with van der Waals surface area (Å²) >= 11 is 0. The Labute approximate surface area is 77.0 Å². The number of hydrogen-bond donors (Lipinski definition) is 2. The molecule has 1 aliphatic heterocycles. The Hall–Kier alpha value is -1.23. The van der Waals surface area contributed by atoms with Crippen LogP contribution in [-0.4, -0.2) is 34.3 Å². The van der Waals surface area contributed by atoms with Crippen molar-refractivity contribution < 1.29 is 0 Å². The van der Waals surface area contributed by atoms with E-state index in [-0.39, 0.29) is 0 Å². The van der Waals surface area contributed by atoms with Crippen LogP contribution >= 0.6 is 0 Å². The van der Waals surface area contributed by atoms with E-state index in [4.69, 9.17) is 0 Å². The lowest BCUT2D eigenvalue weighted by Gasteiger charge is -2.23. The van der Waals surface area contributed by atoms with Gasteiger partial charge in [-0.05, 0) is 25.9 Å². The third-order valence-electron chi connectivity index (χ3n) is 2.15. The molecule has 0 spiro atoms. The number of nitrogens with zero attached hydrogens (tertiary/aromatic N) is 3. The lowest BCUT2D eigenvalue weighted by atomic mass is 10.1. The number of aromatic nitrogens is 3. The highest BCUT2D eigenvalue weighted by atomic mass is 15.2. The van der Waals surface area contributed by atoms with Crippen molar-refractivity contribution in [3.05, 3.63) is 12.4 Å². The van der Waals surface area contributed by atoms with Gasteiger partial charge in [0.25, 0.3) is 0 Å². The minimum absolute atomic E-state index is 0.491. The Morgan fingerprint density at radius 3 is 2.85 bits per heavy atom. The lowest BCUT2D eigenvalue weighted by molar-refractivity contribution is 0.476. The second-order valence-corrected chi connectivity index (χ2v) is 3.13. The van der Waals surface area contributed by atoms with Crippen molar-refractivity contribution >= 4 is 5.95 Å². The van der Waals surface area contributed by atoms with Crippen molar-refractivity contribution in [3.63, 3.8) is 0 Å². The molecule has 0 bridgehead atoms. The van der Waals surface area contributed by atoms with Crippen molar-refractivity contribution in [1.29, 1.82) is 0 Å². The minimum Gasteiger partial charge on any atom is -0.350 e. The molecule has 2 rings (SSSR count). The fraction of sp³-hybridized carbons (Fsp3) is 0.625. The van der Waals surface area contributed by atoms with Crippen LogP contribution in [0, 0.1) is 0 Å². The summed E-state index contributed by atoms with van der Waals surface area (Å²) in [6.07, 6.45) is 5.47. The summed E-state index contributed by atoms with van der Waals surface area (Å²) in [6, 6.07) is 0.491. The van der Waals surface area contributed by atoms with Crippen LogP contribution in [0.1, 0.15) is 12.8 Å². The zero-order valence-corrected chi connectivity index (χ0v) is 7.40. The highest BCUT2D eigenvalue weighted by Gasteiger charge is 2.12. The fourth-order valence-corrected chi connectivity index (χ4v) is 1.46. The summed E-state index contributed by atoms with van der Waals surface area (Å²) in [5.74, 6) is 0.634. The molecule has 1 aromatic heterocycles. The molecule has 13 heavy (non-hydrogen) atoms. The first-order valence-electron chi connectivity index (χ1n) is 4.56. The maximum Gasteiger partial charge on any atom is 0.242 e. The van der Waals surface area contributed by atoms with Gasteiger partial charge < -0.3 is 10.6 Å². The van der Waals surface area contributed by atoms with Gasteiger partial charge in [-0.15, -0.1) is 5.10 Å². The van der Waals surface area contributed by atoms with Crippen LogP contribution in [0.4, 0.5) is 5.95 Å². The smallest absolute Gasteiger partial charge is 0.242 e. The predicted molar refractivity (Wildman–Crippen MR) is 49.3 cm³/mol. The summed E-state index contributed by atoms with van der Waals surface area (Å²) in [5.41, 5.74) is 0. The van der Waals surface area contributed by atoms with E-state index in [9.17, 15) is 0 Å². The molecular formula is C8H13N5. The second-order valence-electron chi connectivity index (χ2n) is 3.13. The van der Waals surface area contributed by atoms with Crippen molar-refractivity contribution in [2.75, 3.05) is 18.4 Å². The van der Waals surface area contributed by atoms with Gasteiger partial charge in [0.1, 0.15) is 0 Å². The molecular weight excluding hydrogens is 166 g/mol. The molecule has 1 aliphatic rings. The second kappa shape index (κ2) is 4.13. The van der Waals surface area contributed by atoms with Crippen LogP contribution in [0.5, 0.6) is 0 Å². The molecule has 1 saturated heterocycles. The van der Waals surface area contributed by atoms with Gasteiger partial charge in [-0.1, -0.05) is 0 Å². The third kappa shape index (κ3) is 2.35. The lowest BCUT2D eigenvalue weighted by Crippen LogP contribution is -2.35. The zero-order valence-electron chi connectivity index (χ0n) is 7.40. The van der Waals surface area contributed by atoms with Crippen molar-refractivity contribution in [2.45, 2.75) is 18.9 Å². The van der Waals surface area contributed by atoms with Gasteiger partial charge in [0, 0.05) is 6.04 Å². The predicted octanol–water partition coefficient (Wildman–Crippen LogP) is 0.0355. The van der Waals surface area contributed by atoms with Gasteiger partial charge in [-0.2, -0.15) is 5.10 Å². The minimum atomic E-state index is 0.491. The van der Waals surface area contributed by atoms with E-state index in [1.54, 1.807) is 12.4 Å². The quantitative estimate of drug-likeness (QED) is 0.671. The average molecular weight is 179 g/mol. The summed E-state index contributed by atoms with van der Waals surface area (Å²) in [4.78, 5) is 4.07. The van der Waals surface area contributed by atoms with E-state index in [1.165, 1.54) is 0 Å². The Morgan fingerprint density at radius 1 is 1.31 bits per heavy atom. The van der Waals surface area contributed by atoms with Gasteiger partial charge in [-0.25, -0.2) is 4.98 Å². The van der Waals surface area contributed by atoms with Gasteiger partial charge in [0.15, 0.2) is 0 Å². The largest absolute Gasteiger partial charge is 0.350 e. The molecule has 0 aliphatic carbocycles. The molecule has 0 amide bonds. The molecule has 2 N–H and O–H groups in total. The van der Waals surface area contributed by atoms with E-state index >= 15 is 0 Å². The molecule has 1 fully saturated rings. The molecule has 0 unspecified atom stereocenters. The van der Waals surface area contributed by atoms with E-state index in [0.29, 0.717) is 12.0 Å². The van der Waals surface area contributed by atoms with Crippen LogP contribution in [0.15, 0.2) is 12.4 Å². The van der Waals surface area contributed by atoms with E-state index in [2.05, 4.69) is 25.8 Å². The summed E-state index contributed by atoms with van der Waals surface area (Å²) in [6.45, 7) is 2.13. The highest BCUT2D eigenvalue weighted by molar-refractivity contribution is 5.22. The van der Waals surface area contributed by atoms with Gasteiger partial charge in [0.2, 0.25) is 5.95 Å². The normalized spacial score (nSPS) is 18.5. The summed E-state index contributed by atoms with van der Waals surface area (Å²) in [5, 5.41) is 14.2. The molecule has 0 atom stereocenters. The Kier molecular flexibility index (Phi) is 2.66. The number of anilines is 1. The van der Waals surface area contributed by atoms with Crippen LogP contribution in [0.2, 0.25) is 0 Å². The van der Waals surface area contributed by atoms with E-state index in [1.807, 2.05) is 0 Å². The molecule has 0 radical (unpaired) electrons. The number of hydrogen-bond acceptors (Lipinski definition) is 5. The first kappa shape index (κ1) is 8.37. The average Bonchev–Trinajstić information content (AvgIpc) is 2.21. The first-order chi connectivity index (χ1) is 6.45. The molecule has 5 heteroatoms. The maximum atomic E-state index is 4.07. The van der Waals surface area contributed by atoms with Crippen molar-refractivity contribution in [3.8, 4) is 0 Å². The zero-order chi connectivity index (χ0) is 8.93. The Balaban J connectivity index is 1.90. The van der Waals surface area contributed by atoms with Gasteiger partial charge in [0.05, 0.1) is 12.4 Å². The van der Waals surface area contributed by atoms with Crippen LogP contribution in [0.25, 0.3) is 0 Å². The monoisotopic (exact) mass is 179 g/mol. The van der Waals surface area contributed by atoms with Crippen LogP contribution < -0.4 is 10.6 Å². The maximum absolute atomic E-state index is 4.07. The van der Waals surface area contributed by atoms with Crippen molar-refractivity contribution in [2.24, 2.45) is 0 Å². The summed E-state index contributed by atoms with van der Waals surface area (Å²) in [7, 11) is 0. The molecule has 2 heterocycles. The molecule has 5 nitrogen and oxygen atoms in total. The highest BCUT2D eigenvalue weighted by Crippen LogP contribution is 2.07. The Morgan fingerprint density at radius 2 is 2.15 bits per heavy atom. The van der Waals surface area contributed by atoms with Crippen molar-refractivity contribution in [1.82, 2.24) is 20.5 Å². The summed E-state index contributed by atoms with van der Waals surface area (Å²) < 4.78 is 0. The topological polar surface area (TPSA) is 62.7 Å². The number of piperidine rings is 1. The SMILES string of the molecule is c1cnc(NC2CCNCC2)nn1. The number of nitrogens with one attached hydrogen (secondary N) is 2. The van der Waals surface area contributed by atoms with Gasteiger partial charge in [-0.3, -0.25) is 0 Å². The molecule has 70 valence electrons. The molecule has 0 aromatic carbocycles. The van der Waals surface area contributed by atoms with Crippen LogP contribution in [-0.2, 0) is 0 Å². The third-order valence-corrected chi connectivity index (χ3v) is 2.15. The molecule has 0 saturated carbocycles. The number of rotatable bonds is 2. The van der Waals surface area contributed by atoms with E-state index in [0.717, 1.165) is 25.9 Å². The molecule has 1 aromatic rings. The van der Waals surface area contributed by atoms with E-state index < -0.39 is 0 Å². The first-order valence-corrected chi connectivity index (χ1v) is 4.56. The standard InChI is InChI=1S/C8H13N5/c1-3-9-4-2-7(1)12-8-10-5-6-11-13-8/h5-7,9H,1-4H2,(H,10,12,13).